The average Bonchev–Trinajstić information content (AvgIpc) is 3.33. The summed E-state index contributed by atoms with van der Waals surface area (Å²) in [7, 11) is -2.99. The third-order valence-corrected chi connectivity index (χ3v) is 7.80. The van der Waals surface area contributed by atoms with Crippen LogP contribution in [-0.4, -0.2) is 49.9 Å². The quantitative estimate of drug-likeness (QED) is 0.786. The molecule has 1 saturated heterocycles. The molecule has 138 valence electrons. The molecule has 0 aliphatic carbocycles. The number of nitrogens with zero attached hydrogens (tertiary/aromatic N) is 2. The number of hydrogen-bond donors (Lipinski definition) is 0. The molecular formula is C19H22N2O3S2. The zero-order chi connectivity index (χ0) is 18.1. The maximum absolute atomic E-state index is 13.0. The van der Waals surface area contributed by atoms with Crippen LogP contribution in [0.2, 0.25) is 0 Å². The van der Waals surface area contributed by atoms with Gasteiger partial charge in [-0.15, -0.1) is 11.3 Å². The van der Waals surface area contributed by atoms with Gasteiger partial charge in [-0.2, -0.15) is 0 Å². The number of hydrogen-bond acceptors (Lipinski definition) is 5. The first-order chi connectivity index (χ1) is 12.5. The van der Waals surface area contributed by atoms with Crippen LogP contribution in [0.4, 0.5) is 5.69 Å². The smallest absolute Gasteiger partial charge is 0.241 e. The Morgan fingerprint density at radius 1 is 1.23 bits per heavy atom. The SMILES string of the molecule is O=C(CN(Cc1cccs1)[C@H]1CCS(=O)(=O)C1)N1CCc2ccccc21. The molecule has 0 N–H and O–H groups in total. The van der Waals surface area contributed by atoms with Crippen LogP contribution in [0.5, 0.6) is 0 Å². The minimum absolute atomic E-state index is 0.0517. The fourth-order valence-electron chi connectivity index (χ4n) is 3.84. The molecule has 26 heavy (non-hydrogen) atoms. The fourth-order valence-corrected chi connectivity index (χ4v) is 6.33. The molecule has 3 heterocycles. The standard InChI is InChI=1S/C19H22N2O3S2/c22-19(21-9-7-15-4-1-2-6-18(15)21)13-20(12-17-5-3-10-25-17)16-8-11-26(23,24)14-16/h1-6,10,16H,7-9,11-14H2/t16-/m0/s1. The Morgan fingerprint density at radius 3 is 2.81 bits per heavy atom. The fraction of sp³-hybridized carbons (Fsp3) is 0.421. The molecule has 1 fully saturated rings. The lowest BCUT2D eigenvalue weighted by Gasteiger charge is -2.29. The van der Waals surface area contributed by atoms with Gasteiger partial charge in [-0.25, -0.2) is 8.42 Å². The Balaban J connectivity index is 1.52. The van der Waals surface area contributed by atoms with Crippen LogP contribution in [0.1, 0.15) is 16.9 Å². The molecule has 0 bridgehead atoms. The number of carbonyl (C=O) groups excluding carboxylic acids is 1. The van der Waals surface area contributed by atoms with E-state index in [2.05, 4.69) is 11.0 Å². The minimum atomic E-state index is -2.99. The predicted molar refractivity (Wildman–Crippen MR) is 104 cm³/mol. The van der Waals surface area contributed by atoms with Gasteiger partial charge in [0, 0.05) is 29.7 Å². The number of benzene rings is 1. The van der Waals surface area contributed by atoms with E-state index in [1.165, 1.54) is 5.56 Å². The summed E-state index contributed by atoms with van der Waals surface area (Å²) in [4.78, 5) is 18.1. The Labute approximate surface area is 158 Å². The number of sulfone groups is 1. The number of anilines is 1. The van der Waals surface area contributed by atoms with Crippen LogP contribution in [0.15, 0.2) is 41.8 Å². The normalized spacial score (nSPS) is 21.3. The van der Waals surface area contributed by atoms with E-state index in [-0.39, 0.29) is 30.0 Å². The summed E-state index contributed by atoms with van der Waals surface area (Å²) < 4.78 is 23.9. The third kappa shape index (κ3) is 3.70. The number of rotatable bonds is 5. The van der Waals surface area contributed by atoms with Gasteiger partial charge in [0.25, 0.3) is 0 Å². The average molecular weight is 391 g/mol. The zero-order valence-electron chi connectivity index (χ0n) is 14.5. The number of fused-ring (bicyclic) bond motifs is 1. The van der Waals surface area contributed by atoms with Crippen molar-refractivity contribution >= 4 is 32.8 Å². The molecule has 5 nitrogen and oxygen atoms in total. The summed E-state index contributed by atoms with van der Waals surface area (Å²) in [5.41, 5.74) is 2.20. The van der Waals surface area contributed by atoms with Crippen molar-refractivity contribution in [3.05, 3.63) is 52.2 Å². The molecule has 1 atom stereocenters. The van der Waals surface area contributed by atoms with Crippen LogP contribution in [0, 0.1) is 0 Å². The van der Waals surface area contributed by atoms with Gasteiger partial charge in [0.1, 0.15) is 0 Å². The first-order valence-corrected chi connectivity index (χ1v) is 11.6. The molecule has 0 spiro atoms. The molecule has 1 aromatic heterocycles. The summed E-state index contributed by atoms with van der Waals surface area (Å²) in [5.74, 6) is 0.428. The van der Waals surface area contributed by atoms with E-state index >= 15 is 0 Å². The second kappa shape index (κ2) is 7.13. The van der Waals surface area contributed by atoms with Crippen molar-refractivity contribution in [2.45, 2.75) is 25.4 Å². The van der Waals surface area contributed by atoms with Crippen molar-refractivity contribution in [2.24, 2.45) is 0 Å². The zero-order valence-corrected chi connectivity index (χ0v) is 16.1. The van der Waals surface area contributed by atoms with Crippen LogP contribution in [0.3, 0.4) is 0 Å². The van der Waals surface area contributed by atoms with Gasteiger partial charge < -0.3 is 4.90 Å². The van der Waals surface area contributed by atoms with Gasteiger partial charge in [0.05, 0.1) is 18.1 Å². The molecule has 0 radical (unpaired) electrons. The van der Waals surface area contributed by atoms with Crippen LogP contribution in [-0.2, 0) is 27.6 Å². The van der Waals surface area contributed by atoms with E-state index in [4.69, 9.17) is 0 Å². The van der Waals surface area contributed by atoms with Crippen molar-refractivity contribution < 1.29 is 13.2 Å². The van der Waals surface area contributed by atoms with Gasteiger partial charge in [0.2, 0.25) is 5.91 Å². The van der Waals surface area contributed by atoms with E-state index in [1.54, 1.807) is 11.3 Å². The van der Waals surface area contributed by atoms with E-state index < -0.39 is 9.84 Å². The van der Waals surface area contributed by atoms with Gasteiger partial charge in [0.15, 0.2) is 9.84 Å². The molecule has 0 unspecified atom stereocenters. The number of thiophene rings is 1. The summed E-state index contributed by atoms with van der Waals surface area (Å²) >= 11 is 1.64. The van der Waals surface area contributed by atoms with E-state index in [1.807, 2.05) is 40.6 Å². The van der Waals surface area contributed by atoms with Crippen molar-refractivity contribution in [3.63, 3.8) is 0 Å². The second-order valence-electron chi connectivity index (χ2n) is 6.97. The highest BCUT2D eigenvalue weighted by Gasteiger charge is 2.34. The molecule has 2 aliphatic rings. The highest BCUT2D eigenvalue weighted by atomic mass is 32.2. The first-order valence-electron chi connectivity index (χ1n) is 8.87. The van der Waals surface area contributed by atoms with Gasteiger partial charge in [-0.05, 0) is 35.9 Å². The Kier molecular flexibility index (Phi) is 4.86. The van der Waals surface area contributed by atoms with Crippen molar-refractivity contribution in [2.75, 3.05) is 29.5 Å². The Hall–Kier alpha value is -1.70. The monoisotopic (exact) mass is 390 g/mol. The topological polar surface area (TPSA) is 57.7 Å². The molecule has 2 aromatic rings. The van der Waals surface area contributed by atoms with Crippen molar-refractivity contribution in [1.29, 1.82) is 0 Å². The van der Waals surface area contributed by atoms with E-state index in [0.717, 1.165) is 17.0 Å². The van der Waals surface area contributed by atoms with E-state index in [0.29, 0.717) is 19.5 Å². The van der Waals surface area contributed by atoms with Crippen LogP contribution in [0.25, 0.3) is 0 Å². The first kappa shape index (κ1) is 17.7. The molecule has 4 rings (SSSR count). The molecule has 7 heteroatoms. The number of amides is 1. The summed E-state index contributed by atoms with van der Waals surface area (Å²) in [5, 5.41) is 2.01. The maximum atomic E-state index is 13.0. The Morgan fingerprint density at radius 2 is 2.08 bits per heavy atom. The van der Waals surface area contributed by atoms with Gasteiger partial charge >= 0.3 is 0 Å². The summed E-state index contributed by atoms with van der Waals surface area (Å²) in [6.07, 6.45) is 1.49. The number of carbonyl (C=O) groups is 1. The molecule has 0 saturated carbocycles. The lowest BCUT2D eigenvalue weighted by molar-refractivity contribution is -0.120. The number of para-hydroxylation sites is 1. The van der Waals surface area contributed by atoms with Crippen molar-refractivity contribution in [3.8, 4) is 0 Å². The highest BCUT2D eigenvalue weighted by molar-refractivity contribution is 7.91. The largest absolute Gasteiger partial charge is 0.311 e. The lowest BCUT2D eigenvalue weighted by Crippen LogP contribution is -2.44. The van der Waals surface area contributed by atoms with Gasteiger partial charge in [-0.1, -0.05) is 24.3 Å². The Bertz CT molecular complexity index is 893. The molecule has 2 aliphatic heterocycles. The van der Waals surface area contributed by atoms with Gasteiger partial charge in [-0.3, -0.25) is 9.69 Å². The van der Waals surface area contributed by atoms with E-state index in [9.17, 15) is 13.2 Å². The summed E-state index contributed by atoms with van der Waals surface area (Å²) in [6.45, 7) is 1.58. The second-order valence-corrected chi connectivity index (χ2v) is 10.2. The van der Waals surface area contributed by atoms with Crippen molar-refractivity contribution in [1.82, 2.24) is 4.90 Å². The highest BCUT2D eigenvalue weighted by Crippen LogP contribution is 2.28. The molecule has 1 amide bonds. The van der Waals surface area contributed by atoms with Crippen LogP contribution < -0.4 is 4.90 Å². The molecular weight excluding hydrogens is 368 g/mol. The lowest BCUT2D eigenvalue weighted by atomic mass is 10.2. The maximum Gasteiger partial charge on any atom is 0.241 e. The predicted octanol–water partition coefficient (Wildman–Crippen LogP) is 2.33. The van der Waals surface area contributed by atoms with Crippen LogP contribution >= 0.6 is 11.3 Å². The minimum Gasteiger partial charge on any atom is -0.311 e. The third-order valence-electron chi connectivity index (χ3n) is 5.19. The summed E-state index contributed by atoms with van der Waals surface area (Å²) in [6, 6.07) is 12.0. The molecule has 1 aromatic carbocycles.